The molecule has 0 spiro atoms. The average molecular weight is 320 g/mol. The number of hydrazone groups is 1. The summed E-state index contributed by atoms with van der Waals surface area (Å²) in [5.41, 5.74) is 5.89. The van der Waals surface area contributed by atoms with Crippen LogP contribution in [0, 0.1) is 5.92 Å². The van der Waals surface area contributed by atoms with Crippen molar-refractivity contribution in [2.45, 2.75) is 32.1 Å². The summed E-state index contributed by atoms with van der Waals surface area (Å²) in [7, 11) is -2.93. The maximum absolute atomic E-state index is 12.0. The van der Waals surface area contributed by atoms with Gasteiger partial charge in [0.2, 0.25) is 5.91 Å². The molecule has 1 saturated heterocycles. The number of sulfone groups is 1. The number of hydrogen-bond acceptors (Lipinski definition) is 4. The van der Waals surface area contributed by atoms with Crippen molar-refractivity contribution in [3.05, 3.63) is 35.4 Å². The van der Waals surface area contributed by atoms with Gasteiger partial charge in [-0.1, -0.05) is 24.3 Å². The molecule has 0 radical (unpaired) electrons. The summed E-state index contributed by atoms with van der Waals surface area (Å²) < 4.78 is 22.8. The summed E-state index contributed by atoms with van der Waals surface area (Å²) in [5.74, 6) is 0.0636. The fourth-order valence-corrected chi connectivity index (χ4v) is 5.05. The molecule has 0 unspecified atom stereocenters. The van der Waals surface area contributed by atoms with E-state index in [-0.39, 0.29) is 29.8 Å². The molecule has 0 aromatic heterocycles. The minimum atomic E-state index is -2.93. The molecular formula is C16H20N2O3S. The number of benzene rings is 1. The Morgan fingerprint density at radius 2 is 2.09 bits per heavy atom. The van der Waals surface area contributed by atoms with Crippen LogP contribution < -0.4 is 5.43 Å². The van der Waals surface area contributed by atoms with Gasteiger partial charge in [0.15, 0.2) is 9.84 Å². The first kappa shape index (κ1) is 15.2. The summed E-state index contributed by atoms with van der Waals surface area (Å²) in [4.78, 5) is 12.0. The van der Waals surface area contributed by atoms with Crippen molar-refractivity contribution in [2.75, 3.05) is 11.5 Å². The van der Waals surface area contributed by atoms with Crippen LogP contribution in [0.1, 0.15) is 36.8 Å². The summed E-state index contributed by atoms with van der Waals surface area (Å²) in [6.07, 6.45) is 3.75. The molecular weight excluding hydrogens is 300 g/mol. The van der Waals surface area contributed by atoms with Crippen molar-refractivity contribution in [3.8, 4) is 0 Å². The van der Waals surface area contributed by atoms with Crippen molar-refractivity contribution in [1.29, 1.82) is 0 Å². The van der Waals surface area contributed by atoms with Crippen molar-refractivity contribution >= 4 is 21.5 Å². The Kier molecular flexibility index (Phi) is 4.29. The Morgan fingerprint density at radius 3 is 2.86 bits per heavy atom. The first-order valence-corrected chi connectivity index (χ1v) is 9.50. The van der Waals surface area contributed by atoms with Crippen molar-refractivity contribution in [2.24, 2.45) is 11.0 Å². The lowest BCUT2D eigenvalue weighted by Crippen LogP contribution is -2.24. The third kappa shape index (κ3) is 3.55. The molecule has 1 fully saturated rings. The lowest BCUT2D eigenvalue weighted by atomic mass is 9.90. The Bertz CT molecular complexity index is 710. The summed E-state index contributed by atoms with van der Waals surface area (Å²) in [6, 6.07) is 8.12. The molecule has 1 atom stereocenters. The van der Waals surface area contributed by atoms with E-state index in [4.69, 9.17) is 0 Å². The zero-order valence-electron chi connectivity index (χ0n) is 12.4. The monoisotopic (exact) mass is 320 g/mol. The van der Waals surface area contributed by atoms with Crippen LogP contribution in [-0.4, -0.2) is 31.5 Å². The van der Waals surface area contributed by atoms with Crippen molar-refractivity contribution < 1.29 is 13.2 Å². The lowest BCUT2D eigenvalue weighted by Gasteiger charge is -2.17. The molecule has 1 aliphatic carbocycles. The van der Waals surface area contributed by atoms with Crippen molar-refractivity contribution in [3.63, 3.8) is 0 Å². The molecule has 1 aromatic carbocycles. The number of hydrogen-bond donors (Lipinski definition) is 1. The maximum Gasteiger partial charge on any atom is 0.240 e. The molecule has 0 saturated carbocycles. The zero-order valence-corrected chi connectivity index (χ0v) is 13.2. The van der Waals surface area contributed by atoms with Gasteiger partial charge in [-0.15, -0.1) is 0 Å². The van der Waals surface area contributed by atoms with Crippen LogP contribution in [0.15, 0.2) is 29.4 Å². The van der Waals surface area contributed by atoms with Crippen LogP contribution >= 0.6 is 0 Å². The summed E-state index contributed by atoms with van der Waals surface area (Å²) in [5, 5.41) is 4.27. The van der Waals surface area contributed by atoms with Crippen LogP contribution in [0.2, 0.25) is 0 Å². The number of aryl methyl sites for hydroxylation is 1. The standard InChI is InChI=1S/C16H20N2O3S/c19-16(10-12-8-9-22(20,21)11-12)18-17-15-7-3-5-13-4-1-2-6-14(13)15/h1-2,4,6,12H,3,5,7-11H2,(H,18,19)/b17-15-/t12-/m1/s1. The van der Waals surface area contributed by atoms with E-state index in [1.54, 1.807) is 0 Å². The predicted molar refractivity (Wildman–Crippen MR) is 85.4 cm³/mol. The van der Waals surface area contributed by atoms with Gasteiger partial charge >= 0.3 is 0 Å². The highest BCUT2D eigenvalue weighted by Gasteiger charge is 2.29. The molecule has 118 valence electrons. The van der Waals surface area contributed by atoms with Gasteiger partial charge in [0, 0.05) is 12.0 Å². The molecule has 1 aliphatic heterocycles. The predicted octanol–water partition coefficient (Wildman–Crippen LogP) is 1.67. The van der Waals surface area contributed by atoms with Gasteiger partial charge < -0.3 is 0 Å². The van der Waals surface area contributed by atoms with E-state index in [0.29, 0.717) is 6.42 Å². The van der Waals surface area contributed by atoms with Crippen LogP contribution in [-0.2, 0) is 21.1 Å². The number of nitrogens with zero attached hydrogens (tertiary/aromatic N) is 1. The van der Waals surface area contributed by atoms with Crippen LogP contribution in [0.25, 0.3) is 0 Å². The molecule has 1 amide bonds. The second-order valence-electron chi connectivity index (χ2n) is 6.08. The molecule has 1 aromatic rings. The fourth-order valence-electron chi connectivity index (χ4n) is 3.19. The van der Waals surface area contributed by atoms with E-state index in [2.05, 4.69) is 16.6 Å². The van der Waals surface area contributed by atoms with Gasteiger partial charge in [-0.25, -0.2) is 13.8 Å². The third-order valence-corrected chi connectivity index (χ3v) is 6.14. The average Bonchev–Trinajstić information content (AvgIpc) is 2.84. The highest BCUT2D eigenvalue weighted by atomic mass is 32.2. The van der Waals surface area contributed by atoms with Crippen LogP contribution in [0.5, 0.6) is 0 Å². The molecule has 0 bridgehead atoms. The second-order valence-corrected chi connectivity index (χ2v) is 8.31. The van der Waals surface area contributed by atoms with Gasteiger partial charge in [0.25, 0.3) is 0 Å². The highest BCUT2D eigenvalue weighted by Crippen LogP contribution is 2.22. The molecule has 5 nitrogen and oxygen atoms in total. The van der Waals surface area contributed by atoms with E-state index in [1.165, 1.54) is 5.56 Å². The van der Waals surface area contributed by atoms with Crippen LogP contribution in [0.4, 0.5) is 0 Å². The normalized spacial score (nSPS) is 24.9. The van der Waals surface area contributed by atoms with E-state index in [9.17, 15) is 13.2 Å². The van der Waals surface area contributed by atoms with Gasteiger partial charge in [-0.05, 0) is 37.2 Å². The first-order chi connectivity index (χ1) is 10.5. The fraction of sp³-hybridized carbons (Fsp3) is 0.500. The largest absolute Gasteiger partial charge is 0.273 e. The van der Waals surface area contributed by atoms with Crippen LogP contribution in [0.3, 0.4) is 0 Å². The lowest BCUT2D eigenvalue weighted by molar-refractivity contribution is -0.121. The van der Waals surface area contributed by atoms with Gasteiger partial charge in [-0.3, -0.25) is 4.79 Å². The molecule has 1 N–H and O–H groups in total. The van der Waals surface area contributed by atoms with Gasteiger partial charge in [0.1, 0.15) is 0 Å². The topological polar surface area (TPSA) is 75.6 Å². The number of carbonyl (C=O) groups excluding carboxylic acids is 1. The molecule has 3 rings (SSSR count). The third-order valence-electron chi connectivity index (χ3n) is 4.30. The Morgan fingerprint density at radius 1 is 1.27 bits per heavy atom. The Labute approximate surface area is 130 Å². The zero-order chi connectivity index (χ0) is 15.6. The first-order valence-electron chi connectivity index (χ1n) is 7.67. The minimum Gasteiger partial charge on any atom is -0.273 e. The maximum atomic E-state index is 12.0. The van der Waals surface area contributed by atoms with E-state index in [1.807, 2.05) is 18.2 Å². The number of rotatable bonds is 3. The SMILES string of the molecule is O=C(C[C@H]1CCS(=O)(=O)C1)N/N=C1/CCCc2ccccc21. The number of fused-ring (bicyclic) bond motifs is 1. The molecule has 22 heavy (non-hydrogen) atoms. The van der Waals surface area contributed by atoms with Crippen molar-refractivity contribution in [1.82, 2.24) is 5.43 Å². The Hall–Kier alpha value is -1.69. The van der Waals surface area contributed by atoms with E-state index < -0.39 is 9.84 Å². The second kappa shape index (κ2) is 6.20. The summed E-state index contributed by atoms with van der Waals surface area (Å²) >= 11 is 0. The van der Waals surface area contributed by atoms with E-state index >= 15 is 0 Å². The van der Waals surface area contributed by atoms with E-state index in [0.717, 1.165) is 30.5 Å². The number of carbonyl (C=O) groups is 1. The number of nitrogens with one attached hydrogen (secondary N) is 1. The molecule has 1 heterocycles. The smallest absolute Gasteiger partial charge is 0.240 e. The summed E-state index contributed by atoms with van der Waals surface area (Å²) in [6.45, 7) is 0. The Balaban J connectivity index is 1.61. The van der Waals surface area contributed by atoms with Gasteiger partial charge in [-0.2, -0.15) is 5.10 Å². The molecule has 2 aliphatic rings. The van der Waals surface area contributed by atoms with Gasteiger partial charge in [0.05, 0.1) is 17.2 Å². The minimum absolute atomic E-state index is 0.0659. The molecule has 6 heteroatoms. The number of amides is 1. The quantitative estimate of drug-likeness (QED) is 0.861. The highest BCUT2D eigenvalue weighted by molar-refractivity contribution is 7.91.